The van der Waals surface area contributed by atoms with E-state index in [0.717, 1.165) is 30.5 Å². The molecule has 1 amide bonds. The number of carbonyl (C=O) groups is 1. The third-order valence-electron chi connectivity index (χ3n) is 3.07. The van der Waals surface area contributed by atoms with Gasteiger partial charge in [-0.25, -0.2) is 0 Å². The van der Waals surface area contributed by atoms with Crippen LogP contribution >= 0.6 is 0 Å². The minimum atomic E-state index is -0.340. The fourth-order valence-corrected chi connectivity index (χ4v) is 2.07. The summed E-state index contributed by atoms with van der Waals surface area (Å²) in [6.07, 6.45) is 2.95. The van der Waals surface area contributed by atoms with Gasteiger partial charge in [0.1, 0.15) is 6.10 Å². The van der Waals surface area contributed by atoms with Crippen LogP contribution in [0.5, 0.6) is 0 Å². The van der Waals surface area contributed by atoms with Crippen LogP contribution in [-0.4, -0.2) is 30.3 Å². The van der Waals surface area contributed by atoms with Gasteiger partial charge < -0.3 is 15.2 Å². The summed E-state index contributed by atoms with van der Waals surface area (Å²) >= 11 is 0. The zero-order valence-corrected chi connectivity index (χ0v) is 11.4. The maximum Gasteiger partial charge on any atom is 0.253 e. The van der Waals surface area contributed by atoms with Crippen molar-refractivity contribution in [2.24, 2.45) is 0 Å². The molecule has 20 heavy (non-hydrogen) atoms. The van der Waals surface area contributed by atoms with E-state index in [1.165, 1.54) is 0 Å². The quantitative estimate of drug-likeness (QED) is 0.827. The third kappa shape index (κ3) is 4.37. The Morgan fingerprint density at radius 2 is 2.35 bits per heavy atom. The number of amides is 1. The molecule has 0 spiro atoms. The average Bonchev–Trinajstić information content (AvgIpc) is 2.49. The first kappa shape index (κ1) is 14.6. The van der Waals surface area contributed by atoms with Gasteiger partial charge >= 0.3 is 0 Å². The normalized spacial score (nSPS) is 17.9. The highest BCUT2D eigenvalue weighted by Crippen LogP contribution is 2.16. The SMILES string of the molecule is O=C(Nc1cccc(C#CCCO)c1)C1CCCCO1. The third-order valence-corrected chi connectivity index (χ3v) is 3.07. The van der Waals surface area contributed by atoms with Crippen LogP contribution in [0.25, 0.3) is 0 Å². The number of anilines is 1. The Kier molecular flexibility index (Phi) is 5.60. The smallest absolute Gasteiger partial charge is 0.253 e. The fourth-order valence-electron chi connectivity index (χ4n) is 2.07. The van der Waals surface area contributed by atoms with Crippen LogP contribution in [0, 0.1) is 11.8 Å². The topological polar surface area (TPSA) is 58.6 Å². The van der Waals surface area contributed by atoms with Gasteiger partial charge in [-0.2, -0.15) is 0 Å². The second kappa shape index (κ2) is 7.68. The molecule has 106 valence electrons. The van der Waals surface area contributed by atoms with E-state index < -0.39 is 0 Å². The van der Waals surface area contributed by atoms with E-state index in [0.29, 0.717) is 13.0 Å². The summed E-state index contributed by atoms with van der Waals surface area (Å²) in [5.41, 5.74) is 1.54. The van der Waals surface area contributed by atoms with Crippen molar-refractivity contribution in [3.63, 3.8) is 0 Å². The Balaban J connectivity index is 1.97. The molecule has 2 rings (SSSR count). The van der Waals surface area contributed by atoms with Crippen molar-refractivity contribution in [1.82, 2.24) is 0 Å². The molecule has 1 heterocycles. The highest BCUT2D eigenvalue weighted by Gasteiger charge is 2.21. The number of benzene rings is 1. The lowest BCUT2D eigenvalue weighted by Crippen LogP contribution is -2.33. The van der Waals surface area contributed by atoms with Crippen molar-refractivity contribution >= 4 is 11.6 Å². The summed E-state index contributed by atoms with van der Waals surface area (Å²) in [4.78, 5) is 12.0. The highest BCUT2D eigenvalue weighted by molar-refractivity contribution is 5.94. The van der Waals surface area contributed by atoms with Crippen LogP contribution in [0.3, 0.4) is 0 Å². The highest BCUT2D eigenvalue weighted by atomic mass is 16.5. The number of hydrogen-bond acceptors (Lipinski definition) is 3. The average molecular weight is 273 g/mol. The Morgan fingerprint density at radius 3 is 3.10 bits per heavy atom. The van der Waals surface area contributed by atoms with Crippen LogP contribution in [-0.2, 0) is 9.53 Å². The van der Waals surface area contributed by atoms with Gasteiger partial charge in [0.25, 0.3) is 5.91 Å². The van der Waals surface area contributed by atoms with Gasteiger partial charge in [0.15, 0.2) is 0 Å². The Hall–Kier alpha value is -1.83. The molecule has 0 saturated carbocycles. The number of aliphatic hydroxyl groups is 1. The van der Waals surface area contributed by atoms with Crippen LogP contribution < -0.4 is 5.32 Å². The molecular formula is C16H19NO3. The molecule has 0 radical (unpaired) electrons. The van der Waals surface area contributed by atoms with E-state index in [2.05, 4.69) is 17.2 Å². The predicted molar refractivity (Wildman–Crippen MR) is 77.2 cm³/mol. The standard InChI is InChI=1S/C16H19NO3/c18-10-3-1-6-13-7-5-8-14(12-13)17-16(19)15-9-2-4-11-20-15/h5,7-8,12,15,18H,2-4,9-11H2,(H,17,19). The monoisotopic (exact) mass is 273 g/mol. The van der Waals surface area contributed by atoms with Crippen LogP contribution in [0.4, 0.5) is 5.69 Å². The summed E-state index contributed by atoms with van der Waals surface area (Å²) in [5.74, 6) is 5.71. The van der Waals surface area contributed by atoms with E-state index in [1.807, 2.05) is 24.3 Å². The van der Waals surface area contributed by atoms with Crippen molar-refractivity contribution < 1.29 is 14.6 Å². The minimum Gasteiger partial charge on any atom is -0.395 e. The van der Waals surface area contributed by atoms with Gasteiger partial charge in [0.05, 0.1) is 6.61 Å². The van der Waals surface area contributed by atoms with Gasteiger partial charge in [0.2, 0.25) is 0 Å². The summed E-state index contributed by atoms with van der Waals surface area (Å²) < 4.78 is 5.45. The predicted octanol–water partition coefficient (Wildman–Crippen LogP) is 1.93. The van der Waals surface area contributed by atoms with Crippen LogP contribution in [0.2, 0.25) is 0 Å². The number of aliphatic hydroxyl groups excluding tert-OH is 1. The van der Waals surface area contributed by atoms with Crippen molar-refractivity contribution in [2.45, 2.75) is 31.8 Å². The zero-order chi connectivity index (χ0) is 14.2. The second-order valence-corrected chi connectivity index (χ2v) is 4.70. The molecule has 1 aliphatic heterocycles. The maximum atomic E-state index is 12.0. The first-order chi connectivity index (χ1) is 9.79. The molecule has 1 aromatic carbocycles. The summed E-state index contributed by atoms with van der Waals surface area (Å²) in [6.45, 7) is 0.715. The van der Waals surface area contributed by atoms with Gasteiger partial charge in [-0.1, -0.05) is 17.9 Å². The first-order valence-corrected chi connectivity index (χ1v) is 6.92. The number of nitrogens with one attached hydrogen (secondary N) is 1. The van der Waals surface area contributed by atoms with Crippen molar-refractivity contribution in [3.8, 4) is 11.8 Å². The van der Waals surface area contributed by atoms with Crippen molar-refractivity contribution in [3.05, 3.63) is 29.8 Å². The summed E-state index contributed by atoms with van der Waals surface area (Å²) in [6, 6.07) is 7.38. The number of ether oxygens (including phenoxy) is 1. The van der Waals surface area contributed by atoms with E-state index in [9.17, 15) is 4.79 Å². The minimum absolute atomic E-state index is 0.0580. The molecule has 0 aliphatic carbocycles. The van der Waals surface area contributed by atoms with Crippen molar-refractivity contribution in [1.29, 1.82) is 0 Å². The lowest BCUT2D eigenvalue weighted by molar-refractivity contribution is -0.129. The zero-order valence-electron chi connectivity index (χ0n) is 11.4. The number of carbonyl (C=O) groups excluding carboxylic acids is 1. The van der Waals surface area contributed by atoms with Crippen molar-refractivity contribution in [2.75, 3.05) is 18.5 Å². The van der Waals surface area contributed by atoms with E-state index >= 15 is 0 Å². The fraction of sp³-hybridized carbons (Fsp3) is 0.438. The van der Waals surface area contributed by atoms with E-state index in [-0.39, 0.29) is 18.6 Å². The molecule has 0 aromatic heterocycles. The summed E-state index contributed by atoms with van der Waals surface area (Å²) in [5, 5.41) is 11.5. The van der Waals surface area contributed by atoms with Gasteiger partial charge in [-0.05, 0) is 37.5 Å². The van der Waals surface area contributed by atoms with Gasteiger partial charge in [-0.3, -0.25) is 4.79 Å². The molecule has 1 unspecified atom stereocenters. The van der Waals surface area contributed by atoms with Gasteiger partial charge in [0, 0.05) is 24.3 Å². The molecule has 1 saturated heterocycles. The molecule has 4 nitrogen and oxygen atoms in total. The molecular weight excluding hydrogens is 254 g/mol. The van der Waals surface area contributed by atoms with E-state index in [4.69, 9.17) is 9.84 Å². The second-order valence-electron chi connectivity index (χ2n) is 4.70. The molecule has 1 atom stereocenters. The Labute approximate surface area is 119 Å². The molecule has 0 bridgehead atoms. The molecule has 2 N–H and O–H groups in total. The van der Waals surface area contributed by atoms with Crippen LogP contribution in [0.15, 0.2) is 24.3 Å². The number of rotatable bonds is 3. The Morgan fingerprint density at radius 1 is 1.45 bits per heavy atom. The molecule has 1 aromatic rings. The maximum absolute atomic E-state index is 12.0. The molecule has 1 aliphatic rings. The first-order valence-electron chi connectivity index (χ1n) is 6.92. The molecule has 1 fully saturated rings. The van der Waals surface area contributed by atoms with Gasteiger partial charge in [-0.15, -0.1) is 0 Å². The van der Waals surface area contributed by atoms with Crippen LogP contribution in [0.1, 0.15) is 31.2 Å². The lowest BCUT2D eigenvalue weighted by Gasteiger charge is -2.21. The largest absolute Gasteiger partial charge is 0.395 e. The Bertz CT molecular complexity index is 510. The lowest BCUT2D eigenvalue weighted by atomic mass is 10.1. The van der Waals surface area contributed by atoms with E-state index in [1.54, 1.807) is 0 Å². The number of hydrogen-bond donors (Lipinski definition) is 2. The molecule has 4 heteroatoms. The summed E-state index contributed by atoms with van der Waals surface area (Å²) in [7, 11) is 0.